The number of methoxy groups -OCH3 is 1. The van der Waals surface area contributed by atoms with Gasteiger partial charge in [-0.25, -0.2) is 9.69 Å². The average molecular weight is 607 g/mol. The zero-order valence-corrected chi connectivity index (χ0v) is 23.4. The minimum Gasteiger partial charge on any atom is -0.493 e. The molecule has 0 radical (unpaired) electrons. The van der Waals surface area contributed by atoms with E-state index in [9.17, 15) is 19.2 Å². The number of amides is 5. The minimum absolute atomic E-state index is 0.00313. The fraction of sp³-hybridized carbons (Fsp3) is 0.172. The van der Waals surface area contributed by atoms with Gasteiger partial charge in [0.1, 0.15) is 12.2 Å². The smallest absolute Gasteiger partial charge is 0.329 e. The Kier molecular flexibility index (Phi) is 9.18. The summed E-state index contributed by atoms with van der Waals surface area (Å²) >= 11 is 3.42. The molecule has 3 aromatic carbocycles. The number of imide groups is 1. The van der Waals surface area contributed by atoms with E-state index in [2.05, 4.69) is 31.9 Å². The van der Waals surface area contributed by atoms with Crippen molar-refractivity contribution in [1.29, 1.82) is 0 Å². The molecule has 0 aliphatic carbocycles. The Morgan fingerprint density at radius 3 is 2.45 bits per heavy atom. The van der Waals surface area contributed by atoms with Crippen molar-refractivity contribution >= 4 is 57.1 Å². The van der Waals surface area contributed by atoms with E-state index in [1.54, 1.807) is 36.4 Å². The molecule has 1 saturated heterocycles. The molecule has 0 saturated carbocycles. The van der Waals surface area contributed by atoms with Gasteiger partial charge in [-0.1, -0.05) is 43.3 Å². The van der Waals surface area contributed by atoms with Gasteiger partial charge in [0.25, 0.3) is 11.8 Å². The van der Waals surface area contributed by atoms with Gasteiger partial charge in [-0.2, -0.15) is 0 Å². The van der Waals surface area contributed by atoms with Crippen molar-refractivity contribution in [3.05, 3.63) is 88.0 Å². The summed E-state index contributed by atoms with van der Waals surface area (Å²) in [6.07, 6.45) is 2.18. The number of para-hydroxylation sites is 2. The van der Waals surface area contributed by atoms with Crippen LogP contribution >= 0.6 is 15.9 Å². The maximum Gasteiger partial charge on any atom is 0.329 e. The second-order valence-corrected chi connectivity index (χ2v) is 9.53. The number of benzene rings is 3. The molecular weight excluding hydrogens is 580 g/mol. The van der Waals surface area contributed by atoms with Gasteiger partial charge in [0, 0.05) is 11.4 Å². The number of aryl methyl sites for hydroxylation is 1. The molecule has 0 bridgehead atoms. The van der Waals surface area contributed by atoms with Gasteiger partial charge >= 0.3 is 6.03 Å². The number of hydrogen-bond acceptors (Lipinski definition) is 6. The Labute approximate surface area is 239 Å². The first-order valence-electron chi connectivity index (χ1n) is 12.4. The average Bonchev–Trinajstić information content (AvgIpc) is 3.20. The molecule has 4 rings (SSSR count). The monoisotopic (exact) mass is 606 g/mol. The molecule has 1 heterocycles. The van der Waals surface area contributed by atoms with Crippen LogP contribution in [0.4, 0.5) is 16.2 Å². The first kappa shape index (κ1) is 28.4. The number of ether oxygens (including phenoxy) is 2. The molecule has 0 unspecified atom stereocenters. The second-order valence-electron chi connectivity index (χ2n) is 8.68. The van der Waals surface area contributed by atoms with Crippen LogP contribution in [0.25, 0.3) is 6.08 Å². The van der Waals surface area contributed by atoms with Crippen LogP contribution in [-0.4, -0.2) is 48.9 Å². The topological polar surface area (TPSA) is 126 Å². The first-order valence-corrected chi connectivity index (χ1v) is 13.2. The van der Waals surface area contributed by atoms with Crippen molar-refractivity contribution in [2.45, 2.75) is 13.3 Å². The van der Waals surface area contributed by atoms with E-state index in [-0.39, 0.29) is 18.2 Å². The molecule has 1 aliphatic heterocycles. The highest BCUT2D eigenvalue weighted by Crippen LogP contribution is 2.37. The number of hydrogen-bond donors (Lipinski definition) is 3. The molecule has 40 heavy (non-hydrogen) atoms. The molecule has 3 aromatic rings. The number of rotatable bonds is 10. The number of nitrogens with zero attached hydrogens (tertiary/aromatic N) is 1. The summed E-state index contributed by atoms with van der Waals surface area (Å²) in [6.45, 7) is 1.26. The van der Waals surface area contributed by atoms with Gasteiger partial charge < -0.3 is 25.4 Å². The molecule has 1 aliphatic rings. The lowest BCUT2D eigenvalue weighted by molar-refractivity contribution is -0.127. The van der Waals surface area contributed by atoms with E-state index < -0.39 is 24.4 Å². The Hall–Kier alpha value is -4.64. The summed E-state index contributed by atoms with van der Waals surface area (Å²) in [7, 11) is 1.44. The fourth-order valence-corrected chi connectivity index (χ4v) is 4.56. The summed E-state index contributed by atoms with van der Waals surface area (Å²) in [5.74, 6) is -0.894. The Morgan fingerprint density at radius 1 is 1.00 bits per heavy atom. The largest absolute Gasteiger partial charge is 0.493 e. The molecular formula is C29H27BrN4O6. The fourth-order valence-electron chi connectivity index (χ4n) is 3.99. The number of halogens is 1. The molecule has 0 atom stereocenters. The summed E-state index contributed by atoms with van der Waals surface area (Å²) in [6, 6.07) is 18.9. The van der Waals surface area contributed by atoms with E-state index in [0.29, 0.717) is 32.9 Å². The predicted molar refractivity (Wildman–Crippen MR) is 154 cm³/mol. The third-order valence-electron chi connectivity index (χ3n) is 5.90. The lowest BCUT2D eigenvalue weighted by atomic mass is 10.1. The molecule has 10 nitrogen and oxygen atoms in total. The third kappa shape index (κ3) is 6.86. The number of urea groups is 1. The Morgan fingerprint density at radius 2 is 1.73 bits per heavy atom. The predicted octanol–water partition coefficient (Wildman–Crippen LogP) is 4.57. The second kappa shape index (κ2) is 12.9. The maximum absolute atomic E-state index is 12.9. The van der Waals surface area contributed by atoms with Crippen LogP contribution in [0.5, 0.6) is 11.5 Å². The van der Waals surface area contributed by atoms with Crippen molar-refractivity contribution < 1.29 is 28.7 Å². The maximum atomic E-state index is 12.9. The van der Waals surface area contributed by atoms with Gasteiger partial charge in [-0.15, -0.1) is 0 Å². The minimum atomic E-state index is -0.703. The number of carbonyl (C=O) groups is 4. The van der Waals surface area contributed by atoms with Gasteiger partial charge in [-0.05, 0) is 69.9 Å². The van der Waals surface area contributed by atoms with Crippen molar-refractivity contribution in [3.63, 3.8) is 0 Å². The van der Waals surface area contributed by atoms with E-state index in [4.69, 9.17) is 9.47 Å². The summed E-state index contributed by atoms with van der Waals surface area (Å²) < 4.78 is 11.6. The normalized spacial score (nSPS) is 13.7. The van der Waals surface area contributed by atoms with Crippen molar-refractivity contribution in [2.24, 2.45) is 0 Å². The van der Waals surface area contributed by atoms with Gasteiger partial charge in [0.2, 0.25) is 5.91 Å². The Balaban J connectivity index is 1.43. The molecule has 3 N–H and O–H groups in total. The van der Waals surface area contributed by atoms with E-state index in [1.165, 1.54) is 13.2 Å². The molecule has 5 amide bonds. The van der Waals surface area contributed by atoms with Crippen molar-refractivity contribution in [1.82, 2.24) is 10.2 Å². The number of nitrogens with one attached hydrogen (secondary N) is 3. The summed E-state index contributed by atoms with van der Waals surface area (Å²) in [5.41, 5.74) is 2.73. The Bertz CT molecular complexity index is 1470. The first-order chi connectivity index (χ1) is 19.3. The van der Waals surface area contributed by atoms with Crippen LogP contribution in [0.1, 0.15) is 18.1 Å². The van der Waals surface area contributed by atoms with Crippen LogP contribution in [0, 0.1) is 0 Å². The van der Waals surface area contributed by atoms with E-state index in [1.807, 2.05) is 37.3 Å². The van der Waals surface area contributed by atoms with Crippen LogP contribution in [-0.2, 0) is 20.8 Å². The zero-order chi connectivity index (χ0) is 28.6. The van der Waals surface area contributed by atoms with Crippen LogP contribution in [0.15, 0.2) is 76.9 Å². The van der Waals surface area contributed by atoms with Gasteiger partial charge in [0.05, 0.1) is 11.6 Å². The van der Waals surface area contributed by atoms with Crippen molar-refractivity contribution in [2.75, 3.05) is 30.9 Å². The number of carbonyl (C=O) groups excluding carboxylic acids is 4. The quantitative estimate of drug-likeness (QED) is 0.229. The van der Waals surface area contributed by atoms with E-state index >= 15 is 0 Å². The van der Waals surface area contributed by atoms with Crippen LogP contribution in [0.2, 0.25) is 0 Å². The molecule has 0 spiro atoms. The highest BCUT2D eigenvalue weighted by atomic mass is 79.9. The zero-order valence-electron chi connectivity index (χ0n) is 21.8. The summed E-state index contributed by atoms with van der Waals surface area (Å²) in [4.78, 5) is 51.2. The highest BCUT2D eigenvalue weighted by molar-refractivity contribution is 9.10. The molecule has 206 valence electrons. The molecule has 0 aromatic heterocycles. The standard InChI is InChI=1S/C29H27BrN4O6/c1-3-19-9-7-8-12-22(19)32-25(35)16-34-28(37)23(33-29(34)38)14-18-13-21(30)27(24(15-18)39-2)40-17-26(36)31-20-10-5-4-6-11-20/h4-15H,3,16-17H2,1-2H3,(H,31,36)(H,32,35)(H,33,38)/b23-14+. The lowest BCUT2D eigenvalue weighted by Crippen LogP contribution is -2.38. The SMILES string of the molecule is CCc1ccccc1NC(=O)CN1C(=O)N/C(=C/c2cc(Br)c(OCC(=O)Nc3ccccc3)c(OC)c2)C1=O. The van der Waals surface area contributed by atoms with Crippen molar-refractivity contribution in [3.8, 4) is 11.5 Å². The third-order valence-corrected chi connectivity index (χ3v) is 6.49. The van der Waals surface area contributed by atoms with Crippen LogP contribution in [0.3, 0.4) is 0 Å². The molecule has 11 heteroatoms. The highest BCUT2D eigenvalue weighted by Gasteiger charge is 2.35. The van der Waals surface area contributed by atoms with Gasteiger partial charge in [-0.3, -0.25) is 14.4 Å². The van der Waals surface area contributed by atoms with Gasteiger partial charge in [0.15, 0.2) is 18.1 Å². The number of anilines is 2. The van der Waals surface area contributed by atoms with Crippen LogP contribution < -0.4 is 25.4 Å². The molecule has 1 fully saturated rings. The summed E-state index contributed by atoms with van der Waals surface area (Å²) in [5, 5.41) is 8.00. The lowest BCUT2D eigenvalue weighted by Gasteiger charge is -2.14. The van der Waals surface area contributed by atoms with E-state index in [0.717, 1.165) is 16.9 Å².